The van der Waals surface area contributed by atoms with Gasteiger partial charge < -0.3 is 4.74 Å². The Morgan fingerprint density at radius 3 is 2.77 bits per heavy atom. The van der Waals surface area contributed by atoms with Crippen molar-refractivity contribution in [3.63, 3.8) is 0 Å². The standard InChI is InChI=1S/C19H18N2O5/c1-2-10-26-11-4-6-12-5-3-7-13-16(12)19(25)21(18(13)24)14-8-9-15(22)20-17(14)23/h1,3,5,7,14H,4,6,8-11H2,(H,20,22,23). The Morgan fingerprint density at radius 2 is 2.04 bits per heavy atom. The minimum atomic E-state index is -0.952. The maximum atomic E-state index is 12.9. The van der Waals surface area contributed by atoms with E-state index in [1.807, 2.05) is 0 Å². The Balaban J connectivity index is 1.79. The molecule has 7 nitrogen and oxygen atoms in total. The molecule has 2 heterocycles. The third-order valence-electron chi connectivity index (χ3n) is 4.47. The molecule has 1 N–H and O–H groups in total. The van der Waals surface area contributed by atoms with Gasteiger partial charge in [-0.2, -0.15) is 0 Å². The number of terminal acetylenes is 1. The zero-order chi connectivity index (χ0) is 18.7. The first-order valence-electron chi connectivity index (χ1n) is 8.39. The minimum absolute atomic E-state index is 0.100. The fourth-order valence-corrected chi connectivity index (χ4v) is 3.29. The van der Waals surface area contributed by atoms with Gasteiger partial charge in [-0.1, -0.05) is 18.1 Å². The predicted molar refractivity (Wildman–Crippen MR) is 91.1 cm³/mol. The lowest BCUT2D eigenvalue weighted by atomic mass is 9.99. The van der Waals surface area contributed by atoms with E-state index in [4.69, 9.17) is 11.2 Å². The predicted octanol–water partition coefficient (Wildman–Crippen LogP) is 0.670. The van der Waals surface area contributed by atoms with Crippen LogP contribution in [-0.4, -0.2) is 47.8 Å². The fourth-order valence-electron chi connectivity index (χ4n) is 3.29. The highest BCUT2D eigenvalue weighted by Gasteiger charge is 2.45. The number of carbonyl (C=O) groups is 4. The summed E-state index contributed by atoms with van der Waals surface area (Å²) < 4.78 is 5.23. The number of fused-ring (bicyclic) bond motifs is 1. The van der Waals surface area contributed by atoms with Gasteiger partial charge in [0.25, 0.3) is 11.8 Å². The number of hydrogen-bond acceptors (Lipinski definition) is 5. The monoisotopic (exact) mass is 354 g/mol. The molecule has 1 fully saturated rings. The lowest BCUT2D eigenvalue weighted by Gasteiger charge is -2.27. The zero-order valence-corrected chi connectivity index (χ0v) is 14.1. The van der Waals surface area contributed by atoms with Crippen molar-refractivity contribution < 1.29 is 23.9 Å². The van der Waals surface area contributed by atoms with Crippen LogP contribution in [0.15, 0.2) is 18.2 Å². The summed E-state index contributed by atoms with van der Waals surface area (Å²) in [5.41, 5.74) is 1.36. The van der Waals surface area contributed by atoms with Crippen molar-refractivity contribution in [1.82, 2.24) is 10.2 Å². The van der Waals surface area contributed by atoms with Crippen LogP contribution in [0.3, 0.4) is 0 Å². The Morgan fingerprint density at radius 1 is 1.23 bits per heavy atom. The van der Waals surface area contributed by atoms with Gasteiger partial charge in [-0.05, 0) is 30.9 Å². The molecule has 7 heteroatoms. The molecule has 1 aromatic carbocycles. The van der Waals surface area contributed by atoms with E-state index in [1.165, 1.54) is 0 Å². The first-order valence-corrected chi connectivity index (χ1v) is 8.39. The van der Waals surface area contributed by atoms with E-state index >= 15 is 0 Å². The first-order chi connectivity index (χ1) is 12.5. The van der Waals surface area contributed by atoms with Crippen LogP contribution in [0.5, 0.6) is 0 Å². The van der Waals surface area contributed by atoms with E-state index in [9.17, 15) is 19.2 Å². The largest absolute Gasteiger partial charge is 0.369 e. The van der Waals surface area contributed by atoms with E-state index < -0.39 is 29.7 Å². The SMILES string of the molecule is C#CCOCCCc1cccc2c1C(=O)N(C1CCC(=O)NC1=O)C2=O. The molecule has 0 aromatic heterocycles. The Kier molecular flexibility index (Phi) is 5.14. The maximum absolute atomic E-state index is 12.9. The van der Waals surface area contributed by atoms with Crippen LogP contribution < -0.4 is 5.32 Å². The summed E-state index contributed by atoms with van der Waals surface area (Å²) in [6.07, 6.45) is 6.57. The van der Waals surface area contributed by atoms with Crippen molar-refractivity contribution in [3.05, 3.63) is 34.9 Å². The van der Waals surface area contributed by atoms with Crippen LogP contribution in [0.4, 0.5) is 0 Å². The molecule has 2 aliphatic rings. The minimum Gasteiger partial charge on any atom is -0.369 e. The molecule has 3 rings (SSSR count). The number of amides is 4. The average molecular weight is 354 g/mol. The van der Waals surface area contributed by atoms with E-state index in [0.717, 1.165) is 10.5 Å². The molecule has 1 atom stereocenters. The van der Waals surface area contributed by atoms with E-state index in [2.05, 4.69) is 11.2 Å². The van der Waals surface area contributed by atoms with Crippen molar-refractivity contribution in [2.75, 3.05) is 13.2 Å². The van der Waals surface area contributed by atoms with Crippen LogP contribution in [0.1, 0.15) is 45.5 Å². The number of piperidine rings is 1. The molecule has 0 spiro atoms. The van der Waals surface area contributed by atoms with E-state index in [-0.39, 0.29) is 19.4 Å². The van der Waals surface area contributed by atoms with Crippen LogP contribution in [0.2, 0.25) is 0 Å². The van der Waals surface area contributed by atoms with Gasteiger partial charge in [0.2, 0.25) is 11.8 Å². The van der Waals surface area contributed by atoms with Crippen molar-refractivity contribution in [3.8, 4) is 12.3 Å². The number of nitrogens with zero attached hydrogens (tertiary/aromatic N) is 1. The van der Waals surface area contributed by atoms with Gasteiger partial charge in [0, 0.05) is 13.0 Å². The number of aryl methyl sites for hydroxylation is 1. The quantitative estimate of drug-likeness (QED) is 0.460. The molecule has 26 heavy (non-hydrogen) atoms. The second-order valence-corrected chi connectivity index (χ2v) is 6.15. The van der Waals surface area contributed by atoms with Crippen LogP contribution in [0.25, 0.3) is 0 Å². The molecule has 1 saturated heterocycles. The van der Waals surface area contributed by atoms with Crippen LogP contribution >= 0.6 is 0 Å². The van der Waals surface area contributed by atoms with Gasteiger partial charge in [-0.15, -0.1) is 6.42 Å². The highest BCUT2D eigenvalue weighted by molar-refractivity contribution is 6.24. The molecule has 0 bridgehead atoms. The fraction of sp³-hybridized carbons (Fsp3) is 0.368. The topological polar surface area (TPSA) is 92.8 Å². The van der Waals surface area contributed by atoms with Gasteiger partial charge in [0.1, 0.15) is 12.6 Å². The molecular weight excluding hydrogens is 336 g/mol. The Hall–Kier alpha value is -2.98. The molecular formula is C19H18N2O5. The van der Waals surface area contributed by atoms with Crippen LogP contribution in [0, 0.1) is 12.3 Å². The normalized spacial score (nSPS) is 19.3. The summed E-state index contributed by atoms with van der Waals surface area (Å²) in [4.78, 5) is 49.9. The van der Waals surface area contributed by atoms with Gasteiger partial charge >= 0.3 is 0 Å². The smallest absolute Gasteiger partial charge is 0.262 e. The van der Waals surface area contributed by atoms with Gasteiger partial charge in [0.05, 0.1) is 11.1 Å². The molecule has 1 aromatic rings. The summed E-state index contributed by atoms with van der Waals surface area (Å²) in [5.74, 6) is 0.395. The second kappa shape index (κ2) is 7.50. The van der Waals surface area contributed by atoms with E-state index in [0.29, 0.717) is 30.6 Å². The number of hydrogen-bond donors (Lipinski definition) is 1. The highest BCUT2D eigenvalue weighted by atomic mass is 16.5. The van der Waals surface area contributed by atoms with E-state index in [1.54, 1.807) is 18.2 Å². The number of carbonyl (C=O) groups excluding carboxylic acids is 4. The number of imide groups is 2. The molecule has 1 unspecified atom stereocenters. The molecule has 4 amide bonds. The third kappa shape index (κ3) is 3.24. The zero-order valence-electron chi connectivity index (χ0n) is 14.1. The number of nitrogens with one attached hydrogen (secondary N) is 1. The van der Waals surface area contributed by atoms with Gasteiger partial charge in [-0.25, -0.2) is 0 Å². The average Bonchev–Trinajstić information content (AvgIpc) is 2.87. The number of benzene rings is 1. The summed E-state index contributed by atoms with van der Waals surface area (Å²) in [6, 6.07) is 4.14. The Labute approximate surface area is 150 Å². The van der Waals surface area contributed by atoms with Gasteiger partial charge in [0.15, 0.2) is 0 Å². The number of ether oxygens (including phenoxy) is 1. The van der Waals surface area contributed by atoms with Crippen molar-refractivity contribution >= 4 is 23.6 Å². The van der Waals surface area contributed by atoms with Gasteiger partial charge in [-0.3, -0.25) is 29.4 Å². The summed E-state index contributed by atoms with van der Waals surface area (Å²) in [7, 11) is 0. The molecule has 0 radical (unpaired) electrons. The lowest BCUT2D eigenvalue weighted by Crippen LogP contribution is -2.54. The highest BCUT2D eigenvalue weighted by Crippen LogP contribution is 2.30. The lowest BCUT2D eigenvalue weighted by molar-refractivity contribution is -0.136. The molecule has 2 aliphatic heterocycles. The van der Waals surface area contributed by atoms with Crippen molar-refractivity contribution in [2.45, 2.75) is 31.7 Å². The van der Waals surface area contributed by atoms with Crippen molar-refractivity contribution in [2.24, 2.45) is 0 Å². The third-order valence-corrected chi connectivity index (χ3v) is 4.47. The first kappa shape index (κ1) is 17.8. The number of rotatable bonds is 6. The van der Waals surface area contributed by atoms with Crippen molar-refractivity contribution in [1.29, 1.82) is 0 Å². The Bertz CT molecular complexity index is 824. The van der Waals surface area contributed by atoms with Crippen LogP contribution in [-0.2, 0) is 20.7 Å². The summed E-state index contributed by atoms with van der Waals surface area (Å²) in [5, 5.41) is 2.19. The summed E-state index contributed by atoms with van der Waals surface area (Å²) >= 11 is 0. The molecule has 0 saturated carbocycles. The second-order valence-electron chi connectivity index (χ2n) is 6.15. The maximum Gasteiger partial charge on any atom is 0.262 e. The molecule has 134 valence electrons. The molecule has 0 aliphatic carbocycles. The summed E-state index contributed by atoms with van der Waals surface area (Å²) in [6.45, 7) is 0.681.